The van der Waals surface area contributed by atoms with E-state index in [0.717, 1.165) is 16.7 Å². The van der Waals surface area contributed by atoms with Gasteiger partial charge in [0.1, 0.15) is 10.7 Å². The van der Waals surface area contributed by atoms with E-state index in [1.54, 1.807) is 25.3 Å². The molecular weight excluding hydrogens is 494 g/mol. The average Bonchev–Trinajstić information content (AvgIpc) is 3.26. The lowest BCUT2D eigenvalue weighted by Crippen LogP contribution is -2.29. The zero-order valence-corrected chi connectivity index (χ0v) is 22.3. The Morgan fingerprint density at radius 2 is 1.78 bits per heavy atom. The molecule has 2 aromatic carbocycles. The molecule has 0 bridgehead atoms. The number of nitrogens with zero attached hydrogens (tertiary/aromatic N) is 2. The molecule has 4 aromatic rings. The molecule has 1 unspecified atom stereocenters. The number of aryl methyl sites for hydroxylation is 1. The van der Waals surface area contributed by atoms with Crippen molar-refractivity contribution in [3.05, 3.63) is 80.6 Å². The second-order valence-electron chi connectivity index (χ2n) is 9.86. The van der Waals surface area contributed by atoms with Crippen LogP contribution in [0.1, 0.15) is 43.6 Å². The van der Waals surface area contributed by atoms with Gasteiger partial charge in [-0.15, -0.1) is 0 Å². The molecule has 0 aliphatic carbocycles. The number of carbonyl (C=O) groups excluding carboxylic acids is 1. The van der Waals surface area contributed by atoms with Crippen LogP contribution in [0.25, 0.3) is 33.3 Å². The van der Waals surface area contributed by atoms with Gasteiger partial charge in [0, 0.05) is 34.0 Å². The van der Waals surface area contributed by atoms with Crippen LogP contribution in [0.15, 0.2) is 48.7 Å². The van der Waals surface area contributed by atoms with Crippen molar-refractivity contribution < 1.29 is 19.2 Å². The first-order valence-electron chi connectivity index (χ1n) is 11.7. The largest absolute Gasteiger partial charge is 0.467 e. The van der Waals surface area contributed by atoms with Crippen molar-refractivity contribution in [1.82, 2.24) is 9.97 Å². The smallest absolute Gasteiger partial charge is 0.339 e. The van der Waals surface area contributed by atoms with Crippen LogP contribution >= 0.6 is 11.6 Å². The fourth-order valence-corrected chi connectivity index (χ4v) is 4.66. The summed E-state index contributed by atoms with van der Waals surface area (Å²) in [5.41, 5.74) is 4.00. The minimum absolute atomic E-state index is 0.140. The summed E-state index contributed by atoms with van der Waals surface area (Å²) in [7, 11) is 1.27. The van der Waals surface area contributed by atoms with Crippen LogP contribution in [0, 0.1) is 24.0 Å². The summed E-state index contributed by atoms with van der Waals surface area (Å²) in [6, 6.07) is 13.0. The van der Waals surface area contributed by atoms with Gasteiger partial charge in [0.2, 0.25) is 0 Å². The van der Waals surface area contributed by atoms with Gasteiger partial charge in [-0.1, -0.05) is 41.4 Å². The van der Waals surface area contributed by atoms with E-state index >= 15 is 0 Å². The highest BCUT2D eigenvalue weighted by molar-refractivity contribution is 6.29. The lowest BCUT2D eigenvalue weighted by Gasteiger charge is -2.29. The zero-order chi connectivity index (χ0) is 27.1. The normalized spacial score (nSPS) is 12.5. The number of aromatic amines is 1. The summed E-state index contributed by atoms with van der Waals surface area (Å²) in [4.78, 5) is 32.4. The number of hydrogen-bond acceptors (Lipinski definition) is 6. The van der Waals surface area contributed by atoms with Crippen molar-refractivity contribution in [3.8, 4) is 22.4 Å². The van der Waals surface area contributed by atoms with Crippen LogP contribution in [0.5, 0.6) is 0 Å². The van der Waals surface area contributed by atoms with E-state index in [9.17, 15) is 14.9 Å². The first-order chi connectivity index (χ1) is 17.4. The molecule has 0 amide bonds. The number of rotatable bonds is 6. The van der Waals surface area contributed by atoms with Crippen LogP contribution in [-0.4, -0.2) is 33.6 Å². The molecule has 8 nitrogen and oxygen atoms in total. The summed E-state index contributed by atoms with van der Waals surface area (Å²) in [6.45, 7) is 9.06. The molecule has 0 spiro atoms. The number of nitrogens with one attached hydrogen (secondary N) is 1. The molecule has 2 heterocycles. The van der Waals surface area contributed by atoms with E-state index in [1.165, 1.54) is 7.11 Å². The fraction of sp³-hybridized carbons (Fsp3) is 0.286. The number of benzene rings is 2. The Balaban J connectivity index is 2.17. The number of nitro groups is 1. The van der Waals surface area contributed by atoms with Gasteiger partial charge >= 0.3 is 5.97 Å². The van der Waals surface area contributed by atoms with Gasteiger partial charge in [0.25, 0.3) is 5.69 Å². The number of halogens is 1. The van der Waals surface area contributed by atoms with E-state index in [1.807, 2.05) is 58.0 Å². The number of fused-ring (bicyclic) bond motifs is 1. The molecule has 0 saturated heterocycles. The number of H-pyrrole nitrogens is 1. The van der Waals surface area contributed by atoms with Crippen molar-refractivity contribution in [2.45, 2.75) is 46.3 Å². The first-order valence-corrected chi connectivity index (χ1v) is 12.1. The number of ether oxygens (including phenoxy) is 2. The number of hydrogen-bond donors (Lipinski definition) is 1. The summed E-state index contributed by atoms with van der Waals surface area (Å²) >= 11 is 6.12. The van der Waals surface area contributed by atoms with E-state index in [4.69, 9.17) is 21.1 Å². The van der Waals surface area contributed by atoms with E-state index in [2.05, 4.69) is 9.97 Å². The maximum Gasteiger partial charge on any atom is 0.339 e. The predicted octanol–water partition coefficient (Wildman–Crippen LogP) is 7.10. The molecule has 4 rings (SSSR count). The van der Waals surface area contributed by atoms with Gasteiger partial charge in [0.15, 0.2) is 6.10 Å². The van der Waals surface area contributed by atoms with Gasteiger partial charge in [-0.25, -0.2) is 9.78 Å². The van der Waals surface area contributed by atoms with Crippen LogP contribution in [0.2, 0.25) is 5.15 Å². The highest BCUT2D eigenvalue weighted by atomic mass is 35.5. The van der Waals surface area contributed by atoms with Crippen LogP contribution in [0.4, 0.5) is 5.69 Å². The molecule has 0 fully saturated rings. The molecule has 0 saturated carbocycles. The SMILES string of the molecule is COC(=O)C(OC(C)(C)C)c1c(C)c([N+](=O)[O-])c2[nH]c(-c3ccnc(Cl)c3)cc2c1-c1ccc(C)cc1. The van der Waals surface area contributed by atoms with E-state index in [0.29, 0.717) is 38.4 Å². The molecule has 9 heteroatoms. The Kier molecular flexibility index (Phi) is 7.08. The third-order valence-corrected chi connectivity index (χ3v) is 6.27. The third-order valence-electron chi connectivity index (χ3n) is 6.06. The summed E-state index contributed by atoms with van der Waals surface area (Å²) < 4.78 is 11.3. The number of esters is 1. The second-order valence-corrected chi connectivity index (χ2v) is 10.2. The maximum absolute atomic E-state index is 13.1. The van der Waals surface area contributed by atoms with Gasteiger partial charge in [-0.2, -0.15) is 0 Å². The standard InChI is InChI=1S/C28H28ClN3O5/c1-15-7-9-17(10-8-15)23-19-14-20(18-11-12-30-21(29)13-18)31-24(19)25(32(34)35)16(2)22(23)26(27(33)36-6)37-28(3,4)5/h7-14,26,31H,1-6H3. The van der Waals surface area contributed by atoms with Crippen LogP contribution < -0.4 is 0 Å². The summed E-state index contributed by atoms with van der Waals surface area (Å²) in [6.07, 6.45) is 0.373. The zero-order valence-electron chi connectivity index (χ0n) is 21.5. The highest BCUT2D eigenvalue weighted by Crippen LogP contribution is 2.46. The second kappa shape index (κ2) is 9.95. The molecular formula is C28H28ClN3O5. The summed E-state index contributed by atoms with van der Waals surface area (Å²) in [5.74, 6) is -0.642. The van der Waals surface area contributed by atoms with E-state index < -0.39 is 22.6 Å². The first kappa shape index (κ1) is 26.3. The molecule has 1 N–H and O–H groups in total. The van der Waals surface area contributed by atoms with Crippen LogP contribution in [-0.2, 0) is 14.3 Å². The van der Waals surface area contributed by atoms with Crippen molar-refractivity contribution in [2.75, 3.05) is 7.11 Å². The Morgan fingerprint density at radius 3 is 2.35 bits per heavy atom. The minimum Gasteiger partial charge on any atom is -0.467 e. The molecule has 0 aliphatic heterocycles. The van der Waals surface area contributed by atoms with Gasteiger partial charge in [-0.3, -0.25) is 10.1 Å². The lowest BCUT2D eigenvalue weighted by molar-refractivity contribution is -0.383. The molecule has 0 radical (unpaired) electrons. The molecule has 192 valence electrons. The Labute approximate surface area is 219 Å². The molecule has 0 aliphatic rings. The number of aromatic nitrogens is 2. The fourth-order valence-electron chi connectivity index (χ4n) is 4.48. The molecule has 37 heavy (non-hydrogen) atoms. The Bertz CT molecular complexity index is 1500. The number of nitro benzene ring substituents is 1. The van der Waals surface area contributed by atoms with Gasteiger partial charge in [0.05, 0.1) is 17.6 Å². The Morgan fingerprint density at radius 1 is 1.11 bits per heavy atom. The van der Waals surface area contributed by atoms with Crippen molar-refractivity contribution in [1.29, 1.82) is 0 Å². The van der Waals surface area contributed by atoms with Crippen molar-refractivity contribution in [3.63, 3.8) is 0 Å². The van der Waals surface area contributed by atoms with Crippen molar-refractivity contribution >= 4 is 34.2 Å². The van der Waals surface area contributed by atoms with E-state index in [-0.39, 0.29) is 5.69 Å². The maximum atomic E-state index is 13.1. The monoisotopic (exact) mass is 521 g/mol. The topological polar surface area (TPSA) is 107 Å². The van der Waals surface area contributed by atoms with Gasteiger partial charge < -0.3 is 14.5 Å². The number of methoxy groups -OCH3 is 1. The molecule has 2 aromatic heterocycles. The quantitative estimate of drug-likeness (QED) is 0.125. The number of pyridine rings is 1. The molecule has 1 atom stereocenters. The predicted molar refractivity (Wildman–Crippen MR) is 144 cm³/mol. The van der Waals surface area contributed by atoms with Crippen LogP contribution in [0.3, 0.4) is 0 Å². The average molecular weight is 522 g/mol. The highest BCUT2D eigenvalue weighted by Gasteiger charge is 2.37. The third kappa shape index (κ3) is 5.21. The number of carbonyl (C=O) groups is 1. The lowest BCUT2D eigenvalue weighted by atomic mass is 9.87. The Hall–Kier alpha value is -3.75. The van der Waals surface area contributed by atoms with Crippen molar-refractivity contribution in [2.24, 2.45) is 0 Å². The summed E-state index contributed by atoms with van der Waals surface area (Å²) in [5, 5.41) is 13.3. The minimum atomic E-state index is -1.20. The van der Waals surface area contributed by atoms with Gasteiger partial charge in [-0.05, 0) is 63.9 Å².